The number of nitrogens with one attached hydrogen (secondary N) is 1. The molecule has 0 aliphatic rings. The van der Waals surface area contributed by atoms with Crippen molar-refractivity contribution in [2.24, 2.45) is 4.99 Å². The van der Waals surface area contributed by atoms with E-state index in [1.54, 1.807) is 30.5 Å². The first-order valence-electron chi connectivity index (χ1n) is 9.34. The normalized spacial score (nSPS) is 10.8. The molecule has 0 radical (unpaired) electrons. The van der Waals surface area contributed by atoms with Crippen molar-refractivity contribution in [2.45, 2.75) is 20.3 Å². The van der Waals surface area contributed by atoms with Crippen LogP contribution in [0.15, 0.2) is 70.1 Å². The van der Waals surface area contributed by atoms with Crippen LogP contribution in [0.1, 0.15) is 36.4 Å². The Hall–Kier alpha value is -3.67. The predicted molar refractivity (Wildman–Crippen MR) is 113 cm³/mol. The summed E-state index contributed by atoms with van der Waals surface area (Å²) in [6.07, 6.45) is 2.42. The van der Waals surface area contributed by atoms with Gasteiger partial charge in [0.1, 0.15) is 11.5 Å². The Morgan fingerprint density at radius 2 is 1.76 bits per heavy atom. The molecule has 0 aliphatic heterocycles. The lowest BCUT2D eigenvalue weighted by Gasteiger charge is -2.03. The standard InChI is InChI=1S/C23H22N2O4/c1-3-14-28-23(27)18-6-4-17(5-7-18)22-13-12-21(29-22)15-24-19-8-10-20(11-9-19)25-16(2)26/h4-13,15H,3,14H2,1-2H3,(H,25,26). The molecule has 0 saturated heterocycles. The van der Waals surface area contributed by atoms with Crippen LogP contribution in [0.3, 0.4) is 0 Å². The zero-order chi connectivity index (χ0) is 20.6. The van der Waals surface area contributed by atoms with Crippen molar-refractivity contribution in [3.63, 3.8) is 0 Å². The molecule has 1 aromatic heterocycles. The Kier molecular flexibility index (Phi) is 6.58. The van der Waals surface area contributed by atoms with Crippen LogP contribution in [0.2, 0.25) is 0 Å². The molecule has 148 valence electrons. The highest BCUT2D eigenvalue weighted by Gasteiger charge is 2.08. The Bertz CT molecular complexity index is 1000. The first-order chi connectivity index (χ1) is 14.0. The summed E-state index contributed by atoms with van der Waals surface area (Å²) in [5.41, 5.74) is 2.83. The molecule has 2 aromatic carbocycles. The quantitative estimate of drug-likeness (QED) is 0.443. The molecule has 0 spiro atoms. The fraction of sp³-hybridized carbons (Fsp3) is 0.174. The zero-order valence-corrected chi connectivity index (χ0v) is 16.3. The topological polar surface area (TPSA) is 80.9 Å². The van der Waals surface area contributed by atoms with E-state index in [4.69, 9.17) is 9.15 Å². The number of benzene rings is 2. The summed E-state index contributed by atoms with van der Waals surface area (Å²) in [6, 6.07) is 18.0. The van der Waals surface area contributed by atoms with Gasteiger partial charge in [0, 0.05) is 18.2 Å². The molecule has 3 rings (SSSR count). The summed E-state index contributed by atoms with van der Waals surface area (Å²) in [7, 11) is 0. The van der Waals surface area contributed by atoms with Crippen LogP contribution >= 0.6 is 0 Å². The molecule has 0 saturated carbocycles. The number of hydrogen-bond acceptors (Lipinski definition) is 5. The maximum absolute atomic E-state index is 11.9. The highest BCUT2D eigenvalue weighted by atomic mass is 16.5. The average Bonchev–Trinajstić information content (AvgIpc) is 3.20. The van der Waals surface area contributed by atoms with Gasteiger partial charge in [-0.15, -0.1) is 0 Å². The molecular weight excluding hydrogens is 368 g/mol. The smallest absolute Gasteiger partial charge is 0.338 e. The third-order valence-corrected chi connectivity index (χ3v) is 4.00. The molecule has 0 bridgehead atoms. The molecule has 29 heavy (non-hydrogen) atoms. The third-order valence-electron chi connectivity index (χ3n) is 4.00. The van der Waals surface area contributed by atoms with Gasteiger partial charge in [0.05, 0.1) is 24.1 Å². The molecule has 1 amide bonds. The zero-order valence-electron chi connectivity index (χ0n) is 16.3. The van der Waals surface area contributed by atoms with E-state index in [9.17, 15) is 9.59 Å². The van der Waals surface area contributed by atoms with Crippen molar-refractivity contribution in [1.82, 2.24) is 0 Å². The molecule has 0 atom stereocenters. The molecular formula is C23H22N2O4. The largest absolute Gasteiger partial charge is 0.462 e. The Morgan fingerprint density at radius 3 is 2.41 bits per heavy atom. The second-order valence-electron chi connectivity index (χ2n) is 6.40. The fourth-order valence-electron chi connectivity index (χ4n) is 2.60. The van der Waals surface area contributed by atoms with E-state index >= 15 is 0 Å². The monoisotopic (exact) mass is 390 g/mol. The van der Waals surface area contributed by atoms with Crippen LogP contribution in [0.25, 0.3) is 11.3 Å². The van der Waals surface area contributed by atoms with Crippen LogP contribution in [0, 0.1) is 0 Å². The van der Waals surface area contributed by atoms with Crippen LogP contribution in [-0.2, 0) is 9.53 Å². The molecule has 0 fully saturated rings. The first-order valence-corrected chi connectivity index (χ1v) is 9.34. The molecule has 0 unspecified atom stereocenters. The van der Waals surface area contributed by atoms with Crippen LogP contribution in [-0.4, -0.2) is 24.7 Å². The number of hydrogen-bond donors (Lipinski definition) is 1. The molecule has 6 nitrogen and oxygen atoms in total. The Morgan fingerprint density at radius 1 is 1.03 bits per heavy atom. The lowest BCUT2D eigenvalue weighted by atomic mass is 10.1. The fourth-order valence-corrected chi connectivity index (χ4v) is 2.60. The second-order valence-corrected chi connectivity index (χ2v) is 6.40. The molecule has 6 heteroatoms. The number of ether oxygens (including phenoxy) is 1. The number of carbonyl (C=O) groups is 2. The maximum atomic E-state index is 11.9. The van der Waals surface area contributed by atoms with Crippen molar-refractivity contribution >= 4 is 29.5 Å². The number of esters is 1. The SMILES string of the molecule is CCCOC(=O)c1ccc(-c2ccc(C=Nc3ccc(NC(C)=O)cc3)o2)cc1. The number of nitrogens with zero attached hydrogens (tertiary/aromatic N) is 1. The number of furan rings is 1. The van der Waals surface area contributed by atoms with Crippen molar-refractivity contribution in [2.75, 3.05) is 11.9 Å². The summed E-state index contributed by atoms with van der Waals surface area (Å²) >= 11 is 0. The highest BCUT2D eigenvalue weighted by Crippen LogP contribution is 2.23. The molecule has 1 N–H and O–H groups in total. The Labute approximate surface area is 169 Å². The Balaban J connectivity index is 1.65. The minimum atomic E-state index is -0.324. The number of amides is 1. The van der Waals surface area contributed by atoms with Gasteiger partial charge in [0.2, 0.25) is 5.91 Å². The minimum Gasteiger partial charge on any atom is -0.462 e. The van der Waals surface area contributed by atoms with Gasteiger partial charge in [-0.2, -0.15) is 0 Å². The van der Waals surface area contributed by atoms with Crippen molar-refractivity contribution in [3.8, 4) is 11.3 Å². The van der Waals surface area contributed by atoms with Gasteiger partial charge in [-0.1, -0.05) is 19.1 Å². The number of rotatable bonds is 7. The summed E-state index contributed by atoms with van der Waals surface area (Å²) in [6.45, 7) is 3.83. The molecule has 0 aliphatic carbocycles. The van der Waals surface area contributed by atoms with Crippen molar-refractivity contribution < 1.29 is 18.7 Å². The third kappa shape index (κ3) is 5.65. The van der Waals surface area contributed by atoms with Gasteiger partial charge in [0.15, 0.2) is 0 Å². The van der Waals surface area contributed by atoms with Gasteiger partial charge in [-0.05, 0) is 55.0 Å². The first kappa shape index (κ1) is 20.1. The van der Waals surface area contributed by atoms with Gasteiger partial charge in [-0.25, -0.2) is 4.79 Å². The van der Waals surface area contributed by atoms with Gasteiger partial charge in [0.25, 0.3) is 0 Å². The highest BCUT2D eigenvalue weighted by molar-refractivity contribution is 5.90. The van der Waals surface area contributed by atoms with E-state index in [2.05, 4.69) is 10.3 Å². The summed E-state index contributed by atoms with van der Waals surface area (Å²) in [4.78, 5) is 27.3. The van der Waals surface area contributed by atoms with Crippen molar-refractivity contribution in [3.05, 3.63) is 72.0 Å². The summed E-state index contributed by atoms with van der Waals surface area (Å²) < 4.78 is 10.9. The van der Waals surface area contributed by atoms with E-state index in [1.807, 2.05) is 43.3 Å². The number of carbonyl (C=O) groups excluding carboxylic acids is 2. The average molecular weight is 390 g/mol. The summed E-state index contributed by atoms with van der Waals surface area (Å²) in [5, 5.41) is 2.71. The number of aliphatic imine (C=N–C) groups is 1. The van der Waals surface area contributed by atoms with E-state index in [-0.39, 0.29) is 11.9 Å². The molecule has 1 heterocycles. The number of anilines is 1. The predicted octanol–water partition coefficient (Wildman–Crippen LogP) is 5.22. The van der Waals surface area contributed by atoms with E-state index in [1.165, 1.54) is 6.92 Å². The van der Waals surface area contributed by atoms with Crippen LogP contribution in [0.5, 0.6) is 0 Å². The second kappa shape index (κ2) is 9.50. The van der Waals surface area contributed by atoms with Crippen molar-refractivity contribution in [1.29, 1.82) is 0 Å². The van der Waals surface area contributed by atoms with E-state index in [0.29, 0.717) is 23.7 Å². The molecule has 3 aromatic rings. The van der Waals surface area contributed by atoms with E-state index < -0.39 is 0 Å². The maximum Gasteiger partial charge on any atom is 0.338 e. The van der Waals surface area contributed by atoms with Crippen LogP contribution in [0.4, 0.5) is 11.4 Å². The van der Waals surface area contributed by atoms with Gasteiger partial charge < -0.3 is 14.5 Å². The minimum absolute atomic E-state index is 0.116. The lowest BCUT2D eigenvalue weighted by Crippen LogP contribution is -2.05. The van der Waals surface area contributed by atoms with E-state index in [0.717, 1.165) is 23.4 Å². The van der Waals surface area contributed by atoms with Gasteiger partial charge >= 0.3 is 5.97 Å². The van der Waals surface area contributed by atoms with Crippen LogP contribution < -0.4 is 5.32 Å². The summed E-state index contributed by atoms with van der Waals surface area (Å²) in [5.74, 6) is 0.851. The van der Waals surface area contributed by atoms with Gasteiger partial charge in [-0.3, -0.25) is 9.79 Å². The lowest BCUT2D eigenvalue weighted by molar-refractivity contribution is -0.114.